The lowest BCUT2D eigenvalue weighted by Crippen LogP contribution is -2.19. The van der Waals surface area contributed by atoms with E-state index in [2.05, 4.69) is 10.1 Å². The van der Waals surface area contributed by atoms with Gasteiger partial charge in [0.05, 0.1) is 43.6 Å². The highest BCUT2D eigenvalue weighted by molar-refractivity contribution is 6.30. The number of benzene rings is 2. The number of aromatic nitrogens is 4. The van der Waals surface area contributed by atoms with Gasteiger partial charge in [-0.25, -0.2) is 9.50 Å². The topological polar surface area (TPSA) is 79.9 Å². The first-order chi connectivity index (χ1) is 16.5. The highest BCUT2D eigenvalue weighted by Gasteiger charge is 2.18. The number of nitrogens with zero attached hydrogens (tertiary/aromatic N) is 4. The van der Waals surface area contributed by atoms with Gasteiger partial charge in [-0.15, -0.1) is 0 Å². The number of hydrogen-bond acceptors (Lipinski definition) is 6. The summed E-state index contributed by atoms with van der Waals surface area (Å²) in [5.74, 6) is 1.35. The fourth-order valence-electron chi connectivity index (χ4n) is 4.14. The molecule has 0 N–H and O–H groups in total. The van der Waals surface area contributed by atoms with Crippen molar-refractivity contribution in [2.45, 2.75) is 6.92 Å². The maximum Gasteiger partial charge on any atom is 0.266 e. The number of halogens is 1. The Labute approximate surface area is 199 Å². The Morgan fingerprint density at radius 3 is 2.24 bits per heavy atom. The summed E-state index contributed by atoms with van der Waals surface area (Å²) in [7, 11) is 4.59. The average molecular weight is 477 g/mol. The molecule has 3 heterocycles. The minimum absolute atomic E-state index is 0.248. The Hall–Kier alpha value is -4.04. The SMILES string of the molecule is COc1cc(-n2ccc3c(cnc4c(-c5ccc(Cl)cc5)c(C)nn43)c2=O)cc(OC)c1OC. The molecule has 5 aromatic rings. The molecule has 0 bridgehead atoms. The van der Waals surface area contributed by atoms with Crippen molar-refractivity contribution in [3.8, 4) is 34.1 Å². The highest BCUT2D eigenvalue weighted by Crippen LogP contribution is 2.39. The summed E-state index contributed by atoms with van der Waals surface area (Å²) in [6.07, 6.45) is 3.28. The number of ether oxygens (including phenoxy) is 3. The normalized spacial score (nSPS) is 11.2. The van der Waals surface area contributed by atoms with Gasteiger partial charge in [0.2, 0.25) is 5.75 Å². The fraction of sp³-hybridized carbons (Fsp3) is 0.160. The highest BCUT2D eigenvalue weighted by atomic mass is 35.5. The van der Waals surface area contributed by atoms with Crippen molar-refractivity contribution in [1.29, 1.82) is 0 Å². The molecule has 0 aliphatic carbocycles. The second-order valence-electron chi connectivity index (χ2n) is 7.63. The molecule has 0 unspecified atom stereocenters. The average Bonchev–Trinajstić information content (AvgIpc) is 3.20. The van der Waals surface area contributed by atoms with Crippen molar-refractivity contribution >= 4 is 28.2 Å². The van der Waals surface area contributed by atoms with Crippen molar-refractivity contribution in [1.82, 2.24) is 19.2 Å². The summed E-state index contributed by atoms with van der Waals surface area (Å²) in [5, 5.41) is 5.76. The summed E-state index contributed by atoms with van der Waals surface area (Å²) >= 11 is 6.05. The van der Waals surface area contributed by atoms with E-state index in [4.69, 9.17) is 25.8 Å². The zero-order valence-corrected chi connectivity index (χ0v) is 19.8. The molecule has 0 fully saturated rings. The molecule has 9 heteroatoms. The molecule has 0 atom stereocenters. The van der Waals surface area contributed by atoms with E-state index >= 15 is 0 Å². The molecule has 0 saturated heterocycles. The van der Waals surface area contributed by atoms with Gasteiger partial charge in [0.25, 0.3) is 5.56 Å². The molecule has 34 heavy (non-hydrogen) atoms. The number of pyridine rings is 1. The molecular weight excluding hydrogens is 456 g/mol. The minimum Gasteiger partial charge on any atom is -0.493 e. The van der Waals surface area contributed by atoms with Crippen LogP contribution in [0.3, 0.4) is 0 Å². The van der Waals surface area contributed by atoms with E-state index in [9.17, 15) is 4.79 Å². The lowest BCUT2D eigenvalue weighted by atomic mass is 10.1. The van der Waals surface area contributed by atoms with Gasteiger partial charge in [0.15, 0.2) is 17.1 Å². The first-order valence-corrected chi connectivity index (χ1v) is 10.8. The van der Waals surface area contributed by atoms with E-state index in [1.54, 1.807) is 29.0 Å². The predicted octanol–water partition coefficient (Wildman–Crippen LogP) is 4.69. The largest absolute Gasteiger partial charge is 0.493 e. The third-order valence-electron chi connectivity index (χ3n) is 5.75. The predicted molar refractivity (Wildman–Crippen MR) is 131 cm³/mol. The van der Waals surface area contributed by atoms with Crippen LogP contribution in [0.5, 0.6) is 17.2 Å². The van der Waals surface area contributed by atoms with E-state index in [1.807, 2.05) is 37.3 Å². The molecule has 3 aromatic heterocycles. The lowest BCUT2D eigenvalue weighted by Gasteiger charge is -2.15. The van der Waals surface area contributed by atoms with Gasteiger partial charge in [-0.2, -0.15) is 5.10 Å². The molecule has 0 aliphatic rings. The summed E-state index contributed by atoms with van der Waals surface area (Å²) in [4.78, 5) is 18.1. The van der Waals surface area contributed by atoms with Crippen LogP contribution in [0.25, 0.3) is 33.4 Å². The van der Waals surface area contributed by atoms with Crippen LogP contribution < -0.4 is 19.8 Å². The van der Waals surface area contributed by atoms with Crippen LogP contribution >= 0.6 is 11.6 Å². The number of rotatable bonds is 5. The smallest absolute Gasteiger partial charge is 0.266 e. The van der Waals surface area contributed by atoms with Crippen molar-refractivity contribution < 1.29 is 14.2 Å². The second-order valence-corrected chi connectivity index (χ2v) is 8.07. The summed E-state index contributed by atoms with van der Waals surface area (Å²) < 4.78 is 19.5. The van der Waals surface area contributed by atoms with E-state index < -0.39 is 0 Å². The molecule has 0 saturated carbocycles. The molecule has 0 amide bonds. The summed E-state index contributed by atoms with van der Waals surface area (Å²) in [6.45, 7) is 1.92. The Morgan fingerprint density at radius 2 is 1.62 bits per heavy atom. The Morgan fingerprint density at radius 1 is 0.941 bits per heavy atom. The third kappa shape index (κ3) is 3.34. The summed E-state index contributed by atoms with van der Waals surface area (Å²) in [6, 6.07) is 12.8. The van der Waals surface area contributed by atoms with Crippen LogP contribution in [0.1, 0.15) is 5.69 Å². The quantitative estimate of drug-likeness (QED) is 0.366. The van der Waals surface area contributed by atoms with Crippen molar-refractivity contribution in [3.63, 3.8) is 0 Å². The van der Waals surface area contributed by atoms with Gasteiger partial charge in [0.1, 0.15) is 0 Å². The van der Waals surface area contributed by atoms with Crippen LogP contribution in [-0.4, -0.2) is 40.5 Å². The van der Waals surface area contributed by atoms with Crippen LogP contribution in [0, 0.1) is 6.92 Å². The number of aryl methyl sites for hydroxylation is 1. The molecule has 0 spiro atoms. The van der Waals surface area contributed by atoms with Gasteiger partial charge in [0, 0.05) is 35.1 Å². The van der Waals surface area contributed by atoms with E-state index in [0.29, 0.717) is 44.5 Å². The zero-order valence-electron chi connectivity index (χ0n) is 19.0. The van der Waals surface area contributed by atoms with Gasteiger partial charge in [-0.05, 0) is 30.7 Å². The van der Waals surface area contributed by atoms with Crippen LogP contribution in [0.15, 0.2) is 59.7 Å². The van der Waals surface area contributed by atoms with Crippen molar-refractivity contribution in [2.24, 2.45) is 0 Å². The number of fused-ring (bicyclic) bond motifs is 3. The molecular formula is C25H21ClN4O4. The van der Waals surface area contributed by atoms with Crippen molar-refractivity contribution in [3.05, 3.63) is 75.9 Å². The lowest BCUT2D eigenvalue weighted by molar-refractivity contribution is 0.324. The zero-order chi connectivity index (χ0) is 24.0. The maximum absolute atomic E-state index is 13.5. The van der Waals surface area contributed by atoms with Gasteiger partial charge in [-0.3, -0.25) is 9.36 Å². The van der Waals surface area contributed by atoms with Crippen molar-refractivity contribution in [2.75, 3.05) is 21.3 Å². The Balaban J connectivity index is 1.72. The molecule has 2 aromatic carbocycles. The van der Waals surface area contributed by atoms with Gasteiger partial charge >= 0.3 is 0 Å². The van der Waals surface area contributed by atoms with Gasteiger partial charge in [-0.1, -0.05) is 23.7 Å². The van der Waals surface area contributed by atoms with E-state index in [-0.39, 0.29) is 5.56 Å². The molecule has 8 nitrogen and oxygen atoms in total. The van der Waals surface area contributed by atoms with Gasteiger partial charge < -0.3 is 14.2 Å². The van der Waals surface area contributed by atoms with Crippen LogP contribution in [0.2, 0.25) is 5.02 Å². The van der Waals surface area contributed by atoms with Crippen LogP contribution in [0.4, 0.5) is 0 Å². The standard InChI is InChI=1S/C25H21ClN4O4/c1-14-22(15-5-7-16(26)8-6-15)24-27-13-18-19(30(24)28-14)9-10-29(25(18)31)17-11-20(32-2)23(34-4)21(12-17)33-3/h5-13H,1-4H3. The summed E-state index contributed by atoms with van der Waals surface area (Å²) in [5.41, 5.74) is 4.29. The van der Waals surface area contributed by atoms with Crippen LogP contribution in [-0.2, 0) is 0 Å². The number of hydrogen-bond donors (Lipinski definition) is 0. The minimum atomic E-state index is -0.248. The first-order valence-electron chi connectivity index (χ1n) is 10.4. The first kappa shape index (κ1) is 21.8. The molecule has 0 aliphatic heterocycles. The number of methoxy groups -OCH3 is 3. The van der Waals surface area contributed by atoms with E-state index in [1.165, 1.54) is 25.9 Å². The monoisotopic (exact) mass is 476 g/mol. The molecule has 5 rings (SSSR count). The van der Waals surface area contributed by atoms with E-state index in [0.717, 1.165) is 16.8 Å². The third-order valence-corrected chi connectivity index (χ3v) is 6.00. The maximum atomic E-state index is 13.5. The molecule has 172 valence electrons. The second kappa shape index (κ2) is 8.39. The molecule has 0 radical (unpaired) electrons. The Kier molecular flexibility index (Phi) is 5.37. The fourth-order valence-corrected chi connectivity index (χ4v) is 4.27. The Bertz CT molecular complexity index is 1580.